The molecule has 0 atom stereocenters. The maximum Gasteiger partial charge on any atom is 0.420 e. The van der Waals surface area contributed by atoms with Gasteiger partial charge in [0.05, 0.1) is 16.3 Å². The number of aromatic nitrogens is 1. The van der Waals surface area contributed by atoms with Crippen molar-refractivity contribution in [2.24, 2.45) is 5.84 Å². The van der Waals surface area contributed by atoms with Gasteiger partial charge >= 0.3 is 6.18 Å². The number of hydrazine groups is 1. The van der Waals surface area contributed by atoms with Crippen molar-refractivity contribution in [3.05, 3.63) is 27.3 Å². The Bertz CT molecular complexity index is 633. The van der Waals surface area contributed by atoms with Gasteiger partial charge in [-0.15, -0.1) is 0 Å². The van der Waals surface area contributed by atoms with E-state index in [1.54, 1.807) is 0 Å². The molecule has 1 heterocycles. The molecule has 108 valence electrons. The number of alkyl halides is 3. The van der Waals surface area contributed by atoms with Gasteiger partial charge in [-0.2, -0.15) is 18.4 Å². The predicted molar refractivity (Wildman–Crippen MR) is 62.5 cm³/mol. The number of nitriles is 1. The third kappa shape index (κ3) is 3.28. The van der Waals surface area contributed by atoms with E-state index in [9.17, 15) is 22.4 Å². The highest BCUT2D eigenvalue weighted by Gasteiger charge is 2.40. The Kier molecular flexibility index (Phi) is 4.74. The molecule has 1 rings (SSSR count). The number of rotatable bonds is 3. The predicted octanol–water partition coefficient (Wildman–Crippen LogP) is 0.937. The van der Waals surface area contributed by atoms with Crippen molar-refractivity contribution < 1.29 is 17.6 Å². The van der Waals surface area contributed by atoms with E-state index < -0.39 is 33.7 Å². The number of H-pyrrole nitrogens is 1. The number of halogens is 4. The van der Waals surface area contributed by atoms with Gasteiger partial charge < -0.3 is 10.4 Å². The number of thioether (sulfide) groups is 1. The molecule has 0 saturated carbocycles. The summed E-state index contributed by atoms with van der Waals surface area (Å²) in [5.41, 5.74) is -2.61. The number of nitrogens with one attached hydrogen (secondary N) is 3. The van der Waals surface area contributed by atoms with Crippen LogP contribution in [0.15, 0.2) is 9.82 Å². The van der Waals surface area contributed by atoms with Crippen LogP contribution in [-0.2, 0) is 6.18 Å². The van der Waals surface area contributed by atoms with E-state index >= 15 is 0 Å². The van der Waals surface area contributed by atoms with E-state index in [1.807, 2.05) is 10.4 Å². The topological polar surface area (TPSA) is 119 Å². The molecule has 0 aliphatic heterocycles. The molecule has 0 saturated heterocycles. The van der Waals surface area contributed by atoms with Gasteiger partial charge in [-0.25, -0.2) is 10.2 Å². The minimum Gasteiger partial charge on any atom is -0.313 e. The number of hydrogen-bond donors (Lipinski definition) is 4. The zero-order chi connectivity index (χ0) is 15.5. The Morgan fingerprint density at radius 1 is 1.55 bits per heavy atom. The largest absolute Gasteiger partial charge is 0.420 e. The summed E-state index contributed by atoms with van der Waals surface area (Å²) >= 11 is 0.546. The minimum atomic E-state index is -5.18. The monoisotopic (exact) mass is 309 g/mol. The summed E-state index contributed by atoms with van der Waals surface area (Å²) in [5, 5.41) is 15.4. The average Bonchev–Trinajstić information content (AvgIpc) is 2.37. The Morgan fingerprint density at radius 3 is 2.60 bits per heavy atom. The summed E-state index contributed by atoms with van der Waals surface area (Å²) in [6.45, 7) is 0. The lowest BCUT2D eigenvalue weighted by Crippen LogP contribution is -2.31. The highest BCUT2D eigenvalue weighted by Crippen LogP contribution is 2.35. The maximum atomic E-state index is 13.3. The van der Waals surface area contributed by atoms with E-state index in [-0.39, 0.29) is 11.6 Å². The minimum absolute atomic E-state index is 0.232. The Morgan fingerprint density at radius 2 is 2.15 bits per heavy atom. The Balaban J connectivity index is 3.41. The maximum absolute atomic E-state index is 13.3. The average molecular weight is 309 g/mol. The number of amidine groups is 1. The molecular weight excluding hydrogens is 302 g/mol. The van der Waals surface area contributed by atoms with Gasteiger partial charge in [0.1, 0.15) is 17.5 Å². The summed E-state index contributed by atoms with van der Waals surface area (Å²) in [6.07, 6.45) is -5.18. The van der Waals surface area contributed by atoms with Crippen molar-refractivity contribution in [3.63, 3.8) is 0 Å². The van der Waals surface area contributed by atoms with Crippen molar-refractivity contribution in [1.82, 2.24) is 10.4 Å². The van der Waals surface area contributed by atoms with Gasteiger partial charge in [-0.3, -0.25) is 10.2 Å². The molecule has 0 aliphatic carbocycles. The molecule has 0 amide bonds. The van der Waals surface area contributed by atoms with Crippen LogP contribution in [-0.4, -0.2) is 16.6 Å². The first-order valence-corrected chi connectivity index (χ1v) is 5.80. The van der Waals surface area contributed by atoms with Crippen molar-refractivity contribution >= 4 is 17.6 Å². The summed E-state index contributed by atoms with van der Waals surface area (Å²) in [5.74, 6) is 2.35. The normalized spacial score (nSPS) is 11.0. The van der Waals surface area contributed by atoms with Crippen molar-refractivity contribution in [2.75, 3.05) is 5.75 Å². The van der Waals surface area contributed by atoms with Crippen LogP contribution < -0.4 is 16.8 Å². The summed E-state index contributed by atoms with van der Waals surface area (Å²) in [6, 6.07) is 1.21. The molecule has 0 unspecified atom stereocenters. The lowest BCUT2D eigenvalue weighted by molar-refractivity contribution is -0.140. The van der Waals surface area contributed by atoms with E-state index in [1.165, 1.54) is 6.07 Å². The van der Waals surface area contributed by atoms with E-state index in [2.05, 4.69) is 0 Å². The van der Waals surface area contributed by atoms with Crippen LogP contribution in [0.2, 0.25) is 0 Å². The molecule has 20 heavy (non-hydrogen) atoms. The van der Waals surface area contributed by atoms with Gasteiger partial charge in [0, 0.05) is 0 Å². The van der Waals surface area contributed by atoms with E-state index in [0.717, 1.165) is 0 Å². The zero-order valence-corrected chi connectivity index (χ0v) is 10.4. The molecule has 11 heteroatoms. The van der Waals surface area contributed by atoms with Crippen molar-refractivity contribution in [2.45, 2.75) is 11.2 Å². The molecule has 0 radical (unpaired) electrons. The fourth-order valence-corrected chi connectivity index (χ4v) is 2.05. The third-order valence-corrected chi connectivity index (χ3v) is 3.08. The molecule has 0 aromatic carbocycles. The van der Waals surface area contributed by atoms with Gasteiger partial charge in [0.25, 0.3) is 5.56 Å². The first kappa shape index (κ1) is 16.0. The first-order chi connectivity index (χ1) is 9.22. The molecule has 6 nitrogen and oxygen atoms in total. The van der Waals surface area contributed by atoms with Crippen molar-refractivity contribution in [3.8, 4) is 6.07 Å². The second kappa shape index (κ2) is 5.93. The summed E-state index contributed by atoms with van der Waals surface area (Å²) < 4.78 is 51.4. The third-order valence-electron chi connectivity index (χ3n) is 2.05. The van der Waals surface area contributed by atoms with E-state index in [0.29, 0.717) is 11.8 Å². The first-order valence-electron chi connectivity index (χ1n) is 4.82. The molecule has 0 spiro atoms. The lowest BCUT2D eigenvalue weighted by atomic mass is 10.1. The SMILES string of the molecule is N#Cc1c(SCC(=N)NN)[nH]c(=O)c(F)c1C(F)(F)F. The van der Waals surface area contributed by atoms with Crippen LogP contribution in [0.1, 0.15) is 11.1 Å². The fourth-order valence-electron chi connectivity index (χ4n) is 1.22. The molecule has 0 aliphatic rings. The van der Waals surface area contributed by atoms with Gasteiger partial charge in [0.15, 0.2) is 0 Å². The quantitative estimate of drug-likeness (QED) is 0.165. The molecule has 1 aromatic heterocycles. The molecule has 1 aromatic rings. The smallest absolute Gasteiger partial charge is 0.313 e. The second-order valence-corrected chi connectivity index (χ2v) is 4.35. The van der Waals surface area contributed by atoms with Crippen LogP contribution in [0.3, 0.4) is 0 Å². The number of hydrogen-bond acceptors (Lipinski definition) is 5. The van der Waals surface area contributed by atoms with Gasteiger partial charge in [-0.05, 0) is 0 Å². The summed E-state index contributed by atoms with van der Waals surface area (Å²) in [7, 11) is 0. The fraction of sp³-hybridized carbons (Fsp3) is 0.222. The Hall–Kier alpha value is -2.06. The van der Waals surface area contributed by atoms with E-state index in [4.69, 9.17) is 16.5 Å². The number of nitrogens with two attached hydrogens (primary N) is 1. The molecular formula is C9H7F4N5OS. The highest BCUT2D eigenvalue weighted by molar-refractivity contribution is 8.00. The van der Waals surface area contributed by atoms with Crippen molar-refractivity contribution in [1.29, 1.82) is 10.7 Å². The number of aromatic amines is 1. The zero-order valence-electron chi connectivity index (χ0n) is 9.56. The number of pyridine rings is 1. The standard InChI is InChI=1S/C9H7F4N5OS/c10-6-5(9(11,12)13)3(1-14)8(17-7(6)19)20-2-4(15)18-16/h2,16H2,(H2,15,18)(H,17,19). The van der Waals surface area contributed by atoms with Crippen LogP contribution in [0.25, 0.3) is 0 Å². The van der Waals surface area contributed by atoms with Crippen LogP contribution in [0, 0.1) is 22.6 Å². The number of nitrogens with zero attached hydrogens (tertiary/aromatic N) is 1. The van der Waals surface area contributed by atoms with Crippen LogP contribution in [0.4, 0.5) is 17.6 Å². The highest BCUT2D eigenvalue weighted by atomic mass is 32.2. The second-order valence-electron chi connectivity index (χ2n) is 3.37. The van der Waals surface area contributed by atoms with Crippen LogP contribution in [0.5, 0.6) is 0 Å². The lowest BCUT2D eigenvalue weighted by Gasteiger charge is -2.12. The van der Waals surface area contributed by atoms with Gasteiger partial charge in [-0.1, -0.05) is 11.8 Å². The van der Waals surface area contributed by atoms with Gasteiger partial charge in [0.2, 0.25) is 5.82 Å². The van der Waals surface area contributed by atoms with Crippen LogP contribution >= 0.6 is 11.8 Å². The summed E-state index contributed by atoms with van der Waals surface area (Å²) in [4.78, 5) is 13.0. The Labute approximate surface area is 113 Å². The molecule has 5 N–H and O–H groups in total. The molecule has 0 bridgehead atoms. The molecule has 0 fully saturated rings.